The zero-order valence-corrected chi connectivity index (χ0v) is 14.7. The molecule has 0 saturated carbocycles. The Balaban J connectivity index is 1.90. The summed E-state index contributed by atoms with van der Waals surface area (Å²) in [5, 5.41) is 2.98. The fourth-order valence-corrected chi connectivity index (χ4v) is 2.57. The van der Waals surface area contributed by atoms with E-state index in [4.69, 9.17) is 4.74 Å². The smallest absolute Gasteiger partial charge is 0.317 e. The third kappa shape index (κ3) is 4.74. The van der Waals surface area contributed by atoms with E-state index >= 15 is 0 Å². The lowest BCUT2D eigenvalue weighted by Crippen LogP contribution is -2.51. The molecule has 0 aliphatic carbocycles. The Morgan fingerprint density at radius 2 is 1.87 bits per heavy atom. The fourth-order valence-electron chi connectivity index (χ4n) is 2.57. The minimum Gasteiger partial charge on any atom is -0.490 e. The van der Waals surface area contributed by atoms with E-state index in [2.05, 4.69) is 5.32 Å². The van der Waals surface area contributed by atoms with E-state index < -0.39 is 0 Å². The predicted molar refractivity (Wildman–Crippen MR) is 89.9 cm³/mol. The van der Waals surface area contributed by atoms with Gasteiger partial charge in [-0.1, -0.05) is 0 Å². The number of hydrogen-bond acceptors (Lipinski definition) is 3. The van der Waals surface area contributed by atoms with E-state index in [0.29, 0.717) is 18.8 Å². The molecule has 1 aromatic heterocycles. The van der Waals surface area contributed by atoms with Gasteiger partial charge in [0.2, 0.25) is 0 Å². The monoisotopic (exact) mass is 321 g/mol. The molecule has 2 rings (SSSR count). The summed E-state index contributed by atoms with van der Waals surface area (Å²) in [6, 6.07) is 3.37. The summed E-state index contributed by atoms with van der Waals surface area (Å²) < 4.78 is 7.52. The Kier molecular flexibility index (Phi) is 5.02. The number of nitrogens with one attached hydrogen (secondary N) is 1. The van der Waals surface area contributed by atoms with Crippen LogP contribution in [0.5, 0.6) is 5.75 Å². The van der Waals surface area contributed by atoms with E-state index in [1.54, 1.807) is 11.6 Å². The number of pyridine rings is 1. The van der Waals surface area contributed by atoms with Crippen LogP contribution in [0, 0.1) is 6.92 Å². The first-order valence-electron chi connectivity index (χ1n) is 8.07. The summed E-state index contributed by atoms with van der Waals surface area (Å²) in [5.41, 5.74) is 0.572. The van der Waals surface area contributed by atoms with Gasteiger partial charge in [-0.05, 0) is 33.8 Å². The number of likely N-dealkylation sites (tertiary alicyclic amines) is 1. The molecule has 1 fully saturated rings. The second-order valence-electron chi connectivity index (χ2n) is 7.21. The predicted octanol–water partition coefficient (Wildman–Crippen LogP) is 2.05. The van der Waals surface area contributed by atoms with Crippen LogP contribution in [0.15, 0.2) is 16.9 Å². The van der Waals surface area contributed by atoms with Crippen LogP contribution < -0.4 is 15.6 Å². The van der Waals surface area contributed by atoms with Crippen molar-refractivity contribution in [3.63, 3.8) is 0 Å². The molecule has 2 heterocycles. The Labute approximate surface area is 137 Å². The molecule has 2 amide bonds. The molecule has 0 bridgehead atoms. The summed E-state index contributed by atoms with van der Waals surface area (Å²) in [6.07, 6.45) is 1.58. The van der Waals surface area contributed by atoms with E-state index in [0.717, 1.165) is 18.5 Å². The van der Waals surface area contributed by atoms with E-state index in [1.165, 1.54) is 6.07 Å². The molecular weight excluding hydrogens is 294 g/mol. The average Bonchev–Trinajstić information content (AvgIpc) is 2.43. The molecule has 1 aliphatic rings. The molecule has 6 heteroatoms. The number of carbonyl (C=O) groups is 1. The molecule has 23 heavy (non-hydrogen) atoms. The molecule has 1 aliphatic heterocycles. The summed E-state index contributed by atoms with van der Waals surface area (Å²) in [7, 11) is 1.74. The maximum Gasteiger partial charge on any atom is 0.317 e. The lowest BCUT2D eigenvalue weighted by atomic mass is 10.1. The zero-order chi connectivity index (χ0) is 17.2. The topological polar surface area (TPSA) is 63.6 Å². The minimum absolute atomic E-state index is 0.0274. The summed E-state index contributed by atoms with van der Waals surface area (Å²) in [4.78, 5) is 25.8. The van der Waals surface area contributed by atoms with Gasteiger partial charge < -0.3 is 19.5 Å². The number of aryl methyl sites for hydroxylation is 1. The molecule has 1 saturated heterocycles. The number of nitrogens with zero attached hydrogens (tertiary/aromatic N) is 2. The van der Waals surface area contributed by atoms with Gasteiger partial charge in [0.1, 0.15) is 11.9 Å². The Morgan fingerprint density at radius 3 is 2.39 bits per heavy atom. The van der Waals surface area contributed by atoms with Gasteiger partial charge in [-0.25, -0.2) is 4.79 Å². The fraction of sp³-hybridized carbons (Fsp3) is 0.647. The normalized spacial score (nSPS) is 16.3. The Bertz CT molecular complexity index is 623. The third-order valence-corrected chi connectivity index (χ3v) is 3.99. The highest BCUT2D eigenvalue weighted by Gasteiger charge is 2.26. The van der Waals surface area contributed by atoms with Gasteiger partial charge in [0, 0.05) is 50.3 Å². The van der Waals surface area contributed by atoms with E-state index in [1.807, 2.05) is 38.7 Å². The zero-order valence-electron chi connectivity index (χ0n) is 14.7. The molecule has 0 radical (unpaired) electrons. The number of hydrogen-bond donors (Lipinski definition) is 1. The highest BCUT2D eigenvalue weighted by atomic mass is 16.5. The molecular formula is C17H27N3O3. The SMILES string of the molecule is Cc1cc(OC2CCN(C(=O)NC(C)(C)C)CC2)cc(=O)n1C. The first kappa shape index (κ1) is 17.4. The number of aromatic nitrogens is 1. The summed E-state index contributed by atoms with van der Waals surface area (Å²) in [6.45, 7) is 9.12. The van der Waals surface area contributed by atoms with Gasteiger partial charge in [-0.3, -0.25) is 4.79 Å². The number of rotatable bonds is 2. The van der Waals surface area contributed by atoms with E-state index in [-0.39, 0.29) is 23.2 Å². The number of urea groups is 1. The molecule has 1 N–H and O–H groups in total. The van der Waals surface area contributed by atoms with Crippen molar-refractivity contribution in [2.24, 2.45) is 7.05 Å². The van der Waals surface area contributed by atoms with Crippen molar-refractivity contribution in [1.29, 1.82) is 0 Å². The number of piperidine rings is 1. The molecule has 0 aromatic carbocycles. The second-order valence-corrected chi connectivity index (χ2v) is 7.21. The largest absolute Gasteiger partial charge is 0.490 e. The summed E-state index contributed by atoms with van der Waals surface area (Å²) in [5.74, 6) is 0.614. The summed E-state index contributed by atoms with van der Waals surface area (Å²) >= 11 is 0. The van der Waals surface area contributed by atoms with Crippen LogP contribution in [0.3, 0.4) is 0 Å². The van der Waals surface area contributed by atoms with E-state index in [9.17, 15) is 9.59 Å². The Morgan fingerprint density at radius 1 is 1.26 bits per heavy atom. The van der Waals surface area contributed by atoms with Gasteiger partial charge in [0.05, 0.1) is 0 Å². The first-order valence-corrected chi connectivity index (χ1v) is 8.07. The quantitative estimate of drug-likeness (QED) is 0.907. The van der Waals surface area contributed by atoms with Crippen molar-refractivity contribution in [2.75, 3.05) is 13.1 Å². The van der Waals surface area contributed by atoms with Crippen LogP contribution >= 0.6 is 0 Å². The maximum absolute atomic E-state index is 12.1. The van der Waals surface area contributed by atoms with Crippen LogP contribution in [-0.2, 0) is 7.05 Å². The van der Waals surface area contributed by atoms with Crippen molar-refractivity contribution in [3.05, 3.63) is 28.2 Å². The van der Waals surface area contributed by atoms with Crippen molar-refractivity contribution in [3.8, 4) is 5.75 Å². The molecule has 1 aromatic rings. The van der Waals surface area contributed by atoms with Gasteiger partial charge in [0.15, 0.2) is 0 Å². The van der Waals surface area contributed by atoms with Crippen LogP contribution in [0.25, 0.3) is 0 Å². The lowest BCUT2D eigenvalue weighted by molar-refractivity contribution is 0.108. The molecule has 0 unspecified atom stereocenters. The van der Waals surface area contributed by atoms with Crippen molar-refractivity contribution < 1.29 is 9.53 Å². The van der Waals surface area contributed by atoms with Crippen molar-refractivity contribution >= 4 is 6.03 Å². The third-order valence-electron chi connectivity index (χ3n) is 3.99. The second kappa shape index (κ2) is 6.64. The number of amides is 2. The van der Waals surface area contributed by atoms with Crippen LogP contribution in [0.2, 0.25) is 0 Å². The molecule has 0 atom stereocenters. The number of ether oxygens (including phenoxy) is 1. The molecule has 6 nitrogen and oxygen atoms in total. The maximum atomic E-state index is 12.1. The number of carbonyl (C=O) groups excluding carboxylic acids is 1. The highest BCUT2D eigenvalue weighted by Crippen LogP contribution is 2.19. The van der Waals surface area contributed by atoms with Crippen molar-refractivity contribution in [1.82, 2.24) is 14.8 Å². The first-order chi connectivity index (χ1) is 10.7. The van der Waals surface area contributed by atoms with Gasteiger partial charge in [-0.15, -0.1) is 0 Å². The molecule has 128 valence electrons. The van der Waals surface area contributed by atoms with Crippen LogP contribution in [-0.4, -0.2) is 40.2 Å². The van der Waals surface area contributed by atoms with Gasteiger partial charge in [-0.2, -0.15) is 0 Å². The standard InChI is InChI=1S/C17H27N3O3/c1-12-10-14(11-15(21)19(12)5)23-13-6-8-20(9-7-13)16(22)18-17(2,3)4/h10-11,13H,6-9H2,1-5H3,(H,18,22). The highest BCUT2D eigenvalue weighted by molar-refractivity contribution is 5.75. The van der Waals surface area contributed by atoms with Crippen LogP contribution in [0.1, 0.15) is 39.3 Å². The van der Waals surface area contributed by atoms with Gasteiger partial charge in [0.25, 0.3) is 5.56 Å². The average molecular weight is 321 g/mol. The Hall–Kier alpha value is -1.98. The minimum atomic E-state index is -0.230. The van der Waals surface area contributed by atoms with Gasteiger partial charge >= 0.3 is 6.03 Å². The lowest BCUT2D eigenvalue weighted by Gasteiger charge is -2.34. The molecule has 0 spiro atoms. The van der Waals surface area contributed by atoms with Crippen LogP contribution in [0.4, 0.5) is 4.79 Å². The van der Waals surface area contributed by atoms with Crippen molar-refractivity contribution in [2.45, 2.75) is 52.2 Å².